The molecule has 5 heteroatoms. The maximum atomic E-state index is 12.9. The molecule has 5 nitrogen and oxygen atoms in total. The highest BCUT2D eigenvalue weighted by Crippen LogP contribution is 2.52. The SMILES string of the molecule is CCc1ccccc1N1C[C@]23C=C[C@@H](O2)[C@@H](C(=O)O)[C@@H]3C1=O. The summed E-state index contributed by atoms with van der Waals surface area (Å²) in [5, 5.41) is 9.47. The molecular weight excluding hydrogens is 282 g/mol. The van der Waals surface area contributed by atoms with E-state index in [-0.39, 0.29) is 5.91 Å². The van der Waals surface area contributed by atoms with E-state index in [0.717, 1.165) is 17.7 Å². The lowest BCUT2D eigenvalue weighted by Gasteiger charge is -2.23. The molecule has 1 spiro atoms. The van der Waals surface area contributed by atoms with E-state index in [1.807, 2.05) is 37.3 Å². The molecule has 0 aliphatic carbocycles. The average Bonchev–Trinajstić information content (AvgIpc) is 3.15. The summed E-state index contributed by atoms with van der Waals surface area (Å²) in [6.45, 7) is 2.44. The Kier molecular flexibility index (Phi) is 2.72. The molecule has 3 aliphatic heterocycles. The van der Waals surface area contributed by atoms with Gasteiger partial charge in [-0.25, -0.2) is 0 Å². The number of fused-ring (bicyclic) bond motifs is 1. The lowest BCUT2D eigenvalue weighted by molar-refractivity contribution is -0.146. The van der Waals surface area contributed by atoms with Crippen molar-refractivity contribution in [1.82, 2.24) is 0 Å². The molecule has 2 saturated heterocycles. The number of hydrogen-bond donors (Lipinski definition) is 1. The van der Waals surface area contributed by atoms with Gasteiger partial charge in [0.05, 0.1) is 18.6 Å². The van der Waals surface area contributed by atoms with E-state index in [1.54, 1.807) is 11.0 Å². The van der Waals surface area contributed by atoms with Crippen LogP contribution in [-0.4, -0.2) is 35.2 Å². The van der Waals surface area contributed by atoms with E-state index in [4.69, 9.17) is 4.74 Å². The van der Waals surface area contributed by atoms with Gasteiger partial charge in [-0.15, -0.1) is 0 Å². The number of benzene rings is 1. The molecule has 2 bridgehead atoms. The van der Waals surface area contributed by atoms with Crippen molar-refractivity contribution in [2.75, 3.05) is 11.4 Å². The van der Waals surface area contributed by atoms with E-state index in [0.29, 0.717) is 6.54 Å². The van der Waals surface area contributed by atoms with E-state index < -0.39 is 29.5 Å². The Labute approximate surface area is 128 Å². The molecule has 1 aromatic carbocycles. The molecule has 114 valence electrons. The maximum absolute atomic E-state index is 12.9. The highest BCUT2D eigenvalue weighted by molar-refractivity contribution is 6.03. The summed E-state index contributed by atoms with van der Waals surface area (Å²) in [6, 6.07) is 7.76. The van der Waals surface area contributed by atoms with Crippen molar-refractivity contribution in [2.45, 2.75) is 25.0 Å². The quantitative estimate of drug-likeness (QED) is 0.861. The van der Waals surface area contributed by atoms with Crippen LogP contribution < -0.4 is 4.90 Å². The molecule has 0 saturated carbocycles. The number of carbonyl (C=O) groups is 2. The van der Waals surface area contributed by atoms with Crippen LogP contribution in [0.1, 0.15) is 12.5 Å². The van der Waals surface area contributed by atoms with E-state index >= 15 is 0 Å². The van der Waals surface area contributed by atoms with Crippen molar-refractivity contribution in [3.63, 3.8) is 0 Å². The summed E-state index contributed by atoms with van der Waals surface area (Å²) in [7, 11) is 0. The molecule has 0 aromatic heterocycles. The van der Waals surface area contributed by atoms with Gasteiger partial charge in [-0.2, -0.15) is 0 Å². The molecule has 22 heavy (non-hydrogen) atoms. The van der Waals surface area contributed by atoms with E-state index in [1.165, 1.54) is 0 Å². The summed E-state index contributed by atoms with van der Waals surface area (Å²) in [5.74, 6) is -2.50. The Morgan fingerprint density at radius 3 is 2.95 bits per heavy atom. The smallest absolute Gasteiger partial charge is 0.310 e. The van der Waals surface area contributed by atoms with Gasteiger partial charge in [-0.05, 0) is 18.1 Å². The second kappa shape index (κ2) is 4.43. The lowest BCUT2D eigenvalue weighted by Crippen LogP contribution is -2.39. The zero-order valence-corrected chi connectivity index (χ0v) is 12.2. The third-order valence-corrected chi connectivity index (χ3v) is 5.05. The second-order valence-electron chi connectivity index (χ2n) is 6.14. The number of aryl methyl sites for hydroxylation is 1. The molecule has 1 N–H and O–H groups in total. The Hall–Kier alpha value is -2.14. The number of carboxylic acids is 1. The summed E-state index contributed by atoms with van der Waals surface area (Å²) < 4.78 is 5.90. The van der Waals surface area contributed by atoms with Gasteiger partial charge in [0.25, 0.3) is 0 Å². The molecular formula is C17H17NO4. The van der Waals surface area contributed by atoms with Crippen molar-refractivity contribution >= 4 is 17.6 Å². The standard InChI is InChI=1S/C17H17NO4/c1-2-10-5-3-4-6-11(10)18-9-17-8-7-12(22-17)13(16(20)21)14(17)15(18)19/h3-8,12-14H,2,9H2,1H3,(H,20,21)/t12-,13-,14-,17+/m1/s1. The normalized spacial score (nSPS) is 35.2. The Morgan fingerprint density at radius 2 is 2.23 bits per heavy atom. The number of hydrogen-bond acceptors (Lipinski definition) is 3. The van der Waals surface area contributed by atoms with E-state index in [2.05, 4.69) is 0 Å². The number of nitrogens with zero attached hydrogens (tertiary/aromatic N) is 1. The molecule has 0 radical (unpaired) electrons. The van der Waals surface area contributed by atoms with Gasteiger partial charge in [0.1, 0.15) is 11.5 Å². The number of ether oxygens (including phenoxy) is 1. The van der Waals surface area contributed by atoms with Crippen LogP contribution in [0.15, 0.2) is 36.4 Å². The van der Waals surface area contributed by atoms with Gasteiger partial charge < -0.3 is 14.7 Å². The van der Waals surface area contributed by atoms with Gasteiger partial charge in [0.15, 0.2) is 0 Å². The van der Waals surface area contributed by atoms with Crippen molar-refractivity contribution < 1.29 is 19.4 Å². The van der Waals surface area contributed by atoms with Crippen molar-refractivity contribution in [3.05, 3.63) is 42.0 Å². The van der Waals surface area contributed by atoms with E-state index in [9.17, 15) is 14.7 Å². The number of para-hydroxylation sites is 1. The first-order chi connectivity index (χ1) is 10.6. The Balaban J connectivity index is 1.77. The lowest BCUT2D eigenvalue weighted by atomic mass is 9.77. The topological polar surface area (TPSA) is 66.8 Å². The Bertz CT molecular complexity index is 698. The first-order valence-corrected chi connectivity index (χ1v) is 7.56. The fourth-order valence-electron chi connectivity index (χ4n) is 4.06. The molecule has 2 fully saturated rings. The zero-order chi connectivity index (χ0) is 15.5. The highest BCUT2D eigenvalue weighted by atomic mass is 16.5. The van der Waals surface area contributed by atoms with Crippen LogP contribution in [0.4, 0.5) is 5.69 Å². The summed E-state index contributed by atoms with van der Waals surface area (Å²) in [5.41, 5.74) is 1.17. The number of amides is 1. The third-order valence-electron chi connectivity index (χ3n) is 5.05. The van der Waals surface area contributed by atoms with Gasteiger partial charge >= 0.3 is 5.97 Å². The summed E-state index contributed by atoms with van der Waals surface area (Å²) >= 11 is 0. The molecule has 3 aliphatic rings. The van der Waals surface area contributed by atoms with Crippen LogP contribution in [0.5, 0.6) is 0 Å². The van der Waals surface area contributed by atoms with Crippen LogP contribution in [0.25, 0.3) is 0 Å². The first kappa shape index (κ1) is 13.5. The molecule has 4 atom stereocenters. The van der Waals surface area contributed by atoms with Crippen LogP contribution in [0, 0.1) is 11.8 Å². The molecule has 1 amide bonds. The molecule has 0 unspecified atom stereocenters. The number of carboxylic acid groups (broad SMARTS) is 1. The number of anilines is 1. The summed E-state index contributed by atoms with van der Waals surface area (Å²) in [6.07, 6.45) is 4.01. The van der Waals surface area contributed by atoms with Crippen molar-refractivity contribution in [1.29, 1.82) is 0 Å². The predicted molar refractivity (Wildman–Crippen MR) is 79.5 cm³/mol. The van der Waals surface area contributed by atoms with Gasteiger partial charge in [-0.3, -0.25) is 9.59 Å². The largest absolute Gasteiger partial charge is 0.481 e. The second-order valence-corrected chi connectivity index (χ2v) is 6.14. The maximum Gasteiger partial charge on any atom is 0.310 e. The molecule has 3 heterocycles. The monoisotopic (exact) mass is 299 g/mol. The minimum Gasteiger partial charge on any atom is -0.481 e. The van der Waals surface area contributed by atoms with Crippen LogP contribution in [0.2, 0.25) is 0 Å². The predicted octanol–water partition coefficient (Wildman–Crippen LogP) is 1.62. The van der Waals surface area contributed by atoms with Crippen molar-refractivity contribution in [3.8, 4) is 0 Å². The van der Waals surface area contributed by atoms with Crippen LogP contribution >= 0.6 is 0 Å². The summed E-state index contributed by atoms with van der Waals surface area (Å²) in [4.78, 5) is 26.2. The fourth-order valence-corrected chi connectivity index (χ4v) is 4.06. The van der Waals surface area contributed by atoms with Gasteiger partial charge in [0, 0.05) is 5.69 Å². The van der Waals surface area contributed by atoms with Crippen molar-refractivity contribution in [2.24, 2.45) is 11.8 Å². The fraction of sp³-hybridized carbons (Fsp3) is 0.412. The average molecular weight is 299 g/mol. The van der Waals surface area contributed by atoms with Gasteiger partial charge in [-0.1, -0.05) is 37.3 Å². The Morgan fingerprint density at radius 1 is 1.45 bits per heavy atom. The van der Waals surface area contributed by atoms with Crippen LogP contribution in [-0.2, 0) is 20.7 Å². The first-order valence-electron chi connectivity index (χ1n) is 7.56. The number of carbonyl (C=O) groups excluding carboxylic acids is 1. The molecule has 1 aromatic rings. The minimum absolute atomic E-state index is 0.139. The third kappa shape index (κ3) is 1.57. The highest BCUT2D eigenvalue weighted by Gasteiger charge is 2.67. The minimum atomic E-state index is -0.958. The number of aliphatic carboxylic acids is 1. The molecule has 4 rings (SSSR count). The van der Waals surface area contributed by atoms with Crippen LogP contribution in [0.3, 0.4) is 0 Å². The number of rotatable bonds is 3. The van der Waals surface area contributed by atoms with Gasteiger partial charge in [0.2, 0.25) is 5.91 Å². The zero-order valence-electron chi connectivity index (χ0n) is 12.2.